The maximum Gasteiger partial charge on any atom is 0.167 e. The zero-order valence-corrected chi connectivity index (χ0v) is 15.0. The molecule has 0 radical (unpaired) electrons. The van der Waals surface area contributed by atoms with E-state index in [1.165, 1.54) is 17.2 Å². The van der Waals surface area contributed by atoms with Crippen LogP contribution in [0.4, 0.5) is 5.82 Å². The Kier molecular flexibility index (Phi) is 6.52. The van der Waals surface area contributed by atoms with Crippen LogP contribution in [-0.4, -0.2) is 60.7 Å². The molecule has 0 saturated carbocycles. The number of unbranched alkanes of at least 4 members (excludes halogenated alkanes) is 3. The molecule has 3 rings (SSSR count). The van der Waals surface area contributed by atoms with Gasteiger partial charge in [-0.2, -0.15) is 0 Å². The lowest BCUT2D eigenvalue weighted by molar-refractivity contribution is -0.111. The SMILES string of the molecule is NCCCCCCC(ON)[C@H]1O[C@@H](n2cnc3c(N)ncnc32)[C@H](O)[C@@H]1O. The van der Waals surface area contributed by atoms with Crippen molar-refractivity contribution in [3.63, 3.8) is 0 Å². The molecule has 0 bridgehead atoms. The molecule has 5 atom stereocenters. The predicted octanol–water partition coefficient (Wildman–Crippen LogP) is -0.804. The highest BCUT2D eigenvalue weighted by Gasteiger charge is 2.47. The average Bonchev–Trinajstić information content (AvgIpc) is 3.22. The minimum atomic E-state index is -1.20. The Hall–Kier alpha value is -1.89. The largest absolute Gasteiger partial charge is 0.387 e. The minimum Gasteiger partial charge on any atom is -0.387 e. The molecule has 0 aromatic carbocycles. The molecule has 1 saturated heterocycles. The van der Waals surface area contributed by atoms with Crippen LogP contribution in [0.3, 0.4) is 0 Å². The van der Waals surface area contributed by atoms with Crippen molar-refractivity contribution in [2.45, 2.75) is 62.7 Å². The van der Waals surface area contributed by atoms with E-state index >= 15 is 0 Å². The number of anilines is 1. The van der Waals surface area contributed by atoms with Crippen LogP contribution in [0.1, 0.15) is 38.3 Å². The van der Waals surface area contributed by atoms with Crippen molar-refractivity contribution in [2.75, 3.05) is 12.3 Å². The second-order valence-electron chi connectivity index (χ2n) is 6.72. The smallest absolute Gasteiger partial charge is 0.167 e. The van der Waals surface area contributed by atoms with Gasteiger partial charge in [0.1, 0.15) is 36.3 Å². The van der Waals surface area contributed by atoms with Gasteiger partial charge in [-0.05, 0) is 19.4 Å². The Morgan fingerprint density at radius 2 is 1.93 bits per heavy atom. The standard InChI is InChI=1S/C16H27N7O4/c17-6-4-2-1-3-5-9(27-19)13-11(24)12(25)16(26-13)23-8-22-10-14(18)20-7-21-15(10)23/h7-9,11-13,16,24-25H,1-6,17,19H2,(H2,18,20,21)/t9?,11-,12+,13+,16+/m0/s1. The lowest BCUT2D eigenvalue weighted by atomic mass is 10.00. The Balaban J connectivity index is 1.71. The van der Waals surface area contributed by atoms with E-state index in [9.17, 15) is 10.2 Å². The van der Waals surface area contributed by atoms with Crippen LogP contribution in [0.25, 0.3) is 11.2 Å². The number of aromatic nitrogens is 4. The van der Waals surface area contributed by atoms with Gasteiger partial charge < -0.3 is 26.4 Å². The highest BCUT2D eigenvalue weighted by atomic mass is 16.6. The maximum atomic E-state index is 10.5. The van der Waals surface area contributed by atoms with E-state index in [1.54, 1.807) is 0 Å². The monoisotopic (exact) mass is 381 g/mol. The zero-order valence-electron chi connectivity index (χ0n) is 15.0. The van der Waals surface area contributed by atoms with Crippen LogP contribution in [0, 0.1) is 0 Å². The van der Waals surface area contributed by atoms with E-state index in [1.807, 2.05) is 0 Å². The third kappa shape index (κ3) is 4.03. The van der Waals surface area contributed by atoms with Crippen LogP contribution >= 0.6 is 0 Å². The Morgan fingerprint density at radius 3 is 2.67 bits per heavy atom. The first-order chi connectivity index (χ1) is 13.1. The zero-order chi connectivity index (χ0) is 19.4. The molecule has 1 aliphatic rings. The summed E-state index contributed by atoms with van der Waals surface area (Å²) >= 11 is 0. The molecule has 0 aliphatic carbocycles. The van der Waals surface area contributed by atoms with E-state index in [4.69, 9.17) is 26.9 Å². The molecule has 0 spiro atoms. The van der Waals surface area contributed by atoms with Gasteiger partial charge in [0, 0.05) is 0 Å². The van der Waals surface area contributed by atoms with E-state index in [0.717, 1.165) is 25.7 Å². The van der Waals surface area contributed by atoms with Gasteiger partial charge in [-0.25, -0.2) is 20.8 Å². The number of aliphatic hydroxyl groups excluding tert-OH is 2. The Bertz CT molecular complexity index is 743. The molecular weight excluding hydrogens is 354 g/mol. The Morgan fingerprint density at radius 1 is 1.15 bits per heavy atom. The lowest BCUT2D eigenvalue weighted by Crippen LogP contribution is -2.41. The third-order valence-electron chi connectivity index (χ3n) is 4.92. The highest BCUT2D eigenvalue weighted by Crippen LogP contribution is 2.34. The highest BCUT2D eigenvalue weighted by molar-refractivity contribution is 5.81. The summed E-state index contributed by atoms with van der Waals surface area (Å²) < 4.78 is 7.43. The normalized spacial score (nSPS) is 26.7. The molecule has 2 aromatic heterocycles. The number of nitrogens with two attached hydrogens (primary N) is 3. The van der Waals surface area contributed by atoms with Crippen molar-refractivity contribution in [3.8, 4) is 0 Å². The first-order valence-corrected chi connectivity index (χ1v) is 9.08. The van der Waals surface area contributed by atoms with E-state index in [-0.39, 0.29) is 5.82 Å². The molecule has 8 N–H and O–H groups in total. The summed E-state index contributed by atoms with van der Waals surface area (Å²) in [4.78, 5) is 17.2. The van der Waals surface area contributed by atoms with Gasteiger partial charge in [0.15, 0.2) is 17.7 Å². The van der Waals surface area contributed by atoms with Crippen molar-refractivity contribution >= 4 is 17.0 Å². The van der Waals surface area contributed by atoms with Gasteiger partial charge in [-0.15, -0.1) is 0 Å². The quantitative estimate of drug-likeness (QED) is 0.272. The predicted molar refractivity (Wildman–Crippen MR) is 96.9 cm³/mol. The number of nitrogens with zero attached hydrogens (tertiary/aromatic N) is 4. The van der Waals surface area contributed by atoms with Crippen LogP contribution in [0.15, 0.2) is 12.7 Å². The van der Waals surface area contributed by atoms with Gasteiger partial charge in [-0.3, -0.25) is 9.40 Å². The van der Waals surface area contributed by atoms with Crippen LogP contribution < -0.4 is 17.4 Å². The molecule has 1 fully saturated rings. The maximum absolute atomic E-state index is 10.5. The molecule has 3 heterocycles. The summed E-state index contributed by atoms with van der Waals surface area (Å²) in [6, 6.07) is 0. The third-order valence-corrected chi connectivity index (χ3v) is 4.92. The molecule has 0 amide bonds. The van der Waals surface area contributed by atoms with Crippen molar-refractivity contribution in [1.82, 2.24) is 19.5 Å². The number of hydrogen-bond acceptors (Lipinski definition) is 10. The topological polar surface area (TPSA) is 181 Å². The van der Waals surface area contributed by atoms with Crippen molar-refractivity contribution < 1.29 is 19.8 Å². The number of hydrogen-bond donors (Lipinski definition) is 5. The second-order valence-corrected chi connectivity index (χ2v) is 6.72. The first-order valence-electron chi connectivity index (χ1n) is 9.08. The van der Waals surface area contributed by atoms with Crippen molar-refractivity contribution in [1.29, 1.82) is 0 Å². The first kappa shape index (κ1) is 19.9. The summed E-state index contributed by atoms with van der Waals surface area (Å²) in [5.41, 5.74) is 12.1. The number of nitrogen functional groups attached to an aromatic ring is 1. The molecule has 1 unspecified atom stereocenters. The summed E-state index contributed by atoms with van der Waals surface area (Å²) in [5, 5.41) is 21.0. The average molecular weight is 381 g/mol. The minimum absolute atomic E-state index is 0.226. The molecule has 11 nitrogen and oxygen atoms in total. The van der Waals surface area contributed by atoms with Crippen molar-refractivity contribution in [3.05, 3.63) is 12.7 Å². The second kappa shape index (κ2) is 8.87. The summed E-state index contributed by atoms with van der Waals surface area (Å²) in [7, 11) is 0. The van der Waals surface area contributed by atoms with Crippen LogP contribution in [-0.2, 0) is 9.57 Å². The van der Waals surface area contributed by atoms with Gasteiger partial charge in [0.2, 0.25) is 0 Å². The lowest BCUT2D eigenvalue weighted by Gasteiger charge is -2.23. The molecule has 27 heavy (non-hydrogen) atoms. The fourth-order valence-corrected chi connectivity index (χ4v) is 3.43. The van der Waals surface area contributed by atoms with Gasteiger partial charge in [0.05, 0.1) is 6.33 Å². The summed E-state index contributed by atoms with van der Waals surface area (Å²) in [6.07, 6.45) is 2.60. The number of fused-ring (bicyclic) bond motifs is 1. The fraction of sp³-hybridized carbons (Fsp3) is 0.688. The van der Waals surface area contributed by atoms with E-state index in [0.29, 0.717) is 24.1 Å². The van der Waals surface area contributed by atoms with Crippen molar-refractivity contribution in [2.24, 2.45) is 11.6 Å². The Labute approximate surface area is 156 Å². The summed E-state index contributed by atoms with van der Waals surface area (Å²) in [5.74, 6) is 5.65. The number of rotatable bonds is 9. The van der Waals surface area contributed by atoms with Gasteiger partial charge in [0.25, 0.3) is 0 Å². The van der Waals surface area contributed by atoms with E-state index in [2.05, 4.69) is 15.0 Å². The number of imidazole rings is 1. The van der Waals surface area contributed by atoms with Gasteiger partial charge >= 0.3 is 0 Å². The molecule has 1 aliphatic heterocycles. The van der Waals surface area contributed by atoms with Crippen LogP contribution in [0.5, 0.6) is 0 Å². The van der Waals surface area contributed by atoms with Crippen LogP contribution in [0.2, 0.25) is 0 Å². The molecule has 150 valence electrons. The summed E-state index contributed by atoms with van der Waals surface area (Å²) in [6.45, 7) is 0.669. The van der Waals surface area contributed by atoms with E-state index < -0.39 is 30.6 Å². The molecule has 2 aromatic rings. The molecule has 11 heteroatoms. The number of ether oxygens (including phenoxy) is 1. The molecular formula is C16H27N7O4. The van der Waals surface area contributed by atoms with Gasteiger partial charge in [-0.1, -0.05) is 19.3 Å². The number of aliphatic hydroxyl groups is 2. The fourth-order valence-electron chi connectivity index (χ4n) is 3.43.